The lowest BCUT2D eigenvalue weighted by Crippen LogP contribution is -2.42. The third-order valence-electron chi connectivity index (χ3n) is 4.87. The van der Waals surface area contributed by atoms with Crippen LogP contribution in [0.4, 0.5) is 22.9 Å². The third-order valence-corrected chi connectivity index (χ3v) is 5.12. The van der Waals surface area contributed by atoms with Crippen LogP contribution in [0.15, 0.2) is 46.2 Å². The minimum Gasteiger partial charge on any atom is -0.398 e. The second kappa shape index (κ2) is 7.13. The number of halogens is 1. The molecule has 4 rings (SSSR count). The summed E-state index contributed by atoms with van der Waals surface area (Å²) in [6.07, 6.45) is 1.73. The number of aromatic nitrogens is 2. The number of benzene rings is 2. The summed E-state index contributed by atoms with van der Waals surface area (Å²) in [7, 11) is 0. The molecule has 142 valence electrons. The number of nitrogens with two attached hydrogens (primary N) is 1. The highest BCUT2D eigenvalue weighted by molar-refractivity contribution is 6.30. The molecular weight excluding hydrogens is 374 g/mol. The number of nitrogen functional groups attached to an aromatic ring is 1. The van der Waals surface area contributed by atoms with Gasteiger partial charge in [0.15, 0.2) is 5.82 Å². The highest BCUT2D eigenvalue weighted by Crippen LogP contribution is 2.37. The molecule has 0 amide bonds. The van der Waals surface area contributed by atoms with Gasteiger partial charge in [-0.15, -0.1) is 0 Å². The fourth-order valence-corrected chi connectivity index (χ4v) is 3.49. The number of aromatic amines is 1. The van der Waals surface area contributed by atoms with E-state index in [4.69, 9.17) is 17.3 Å². The maximum Gasteiger partial charge on any atom is 0.347 e. The first kappa shape index (κ1) is 18.3. The van der Waals surface area contributed by atoms with Crippen molar-refractivity contribution in [3.8, 4) is 0 Å². The number of anilines is 3. The van der Waals surface area contributed by atoms with Gasteiger partial charge in [-0.05, 0) is 55.2 Å². The Hall–Kier alpha value is -3.12. The van der Waals surface area contributed by atoms with Gasteiger partial charge in [-0.3, -0.25) is 0 Å². The molecule has 0 saturated carbocycles. The molecule has 0 bridgehead atoms. The van der Waals surface area contributed by atoms with Crippen LogP contribution in [-0.4, -0.2) is 16.5 Å². The van der Waals surface area contributed by atoms with Crippen LogP contribution in [0.25, 0.3) is 6.58 Å². The molecule has 1 aromatic heterocycles. The first-order chi connectivity index (χ1) is 13.4. The Morgan fingerprint density at radius 3 is 2.75 bits per heavy atom. The molecule has 28 heavy (non-hydrogen) atoms. The first-order valence-corrected chi connectivity index (χ1v) is 9.40. The first-order valence-electron chi connectivity index (χ1n) is 9.02. The van der Waals surface area contributed by atoms with Crippen molar-refractivity contribution < 1.29 is 0 Å². The second-order valence-corrected chi connectivity index (χ2v) is 7.32. The smallest absolute Gasteiger partial charge is 0.347 e. The molecule has 0 saturated heterocycles. The van der Waals surface area contributed by atoms with Crippen LogP contribution >= 0.6 is 11.6 Å². The van der Waals surface area contributed by atoms with Crippen molar-refractivity contribution >= 4 is 41.1 Å². The maximum atomic E-state index is 12.0. The van der Waals surface area contributed by atoms with Crippen molar-refractivity contribution in [1.29, 1.82) is 0 Å². The van der Waals surface area contributed by atoms with E-state index in [9.17, 15) is 4.79 Å². The quantitative estimate of drug-likeness (QED) is 0.667. The molecule has 1 aliphatic heterocycles. The molecule has 0 fully saturated rings. The number of fused-ring (bicyclic) bond motifs is 2. The standard InChI is InChI=1S/C21H20ClN5O/c1-12-10-17-18(11-16(12)23)27(9-3-4-14-5-7-15(22)8-6-14)20-19(25-17)13(2)24-21(28)26-20/h5-8,10-11H,2-4,9,23H2,1H3,(H,24,28). The number of hydrogen-bond donors (Lipinski definition) is 2. The summed E-state index contributed by atoms with van der Waals surface area (Å²) in [6.45, 7) is 6.53. The number of aryl methyl sites for hydroxylation is 2. The lowest BCUT2D eigenvalue weighted by Gasteiger charge is -2.28. The van der Waals surface area contributed by atoms with E-state index >= 15 is 0 Å². The van der Waals surface area contributed by atoms with E-state index in [-0.39, 0.29) is 0 Å². The zero-order valence-electron chi connectivity index (χ0n) is 15.5. The lowest BCUT2D eigenvalue weighted by molar-refractivity contribution is 0.784. The van der Waals surface area contributed by atoms with Crippen LogP contribution in [0.1, 0.15) is 17.5 Å². The van der Waals surface area contributed by atoms with E-state index in [0.717, 1.165) is 34.8 Å². The number of hydrogen-bond acceptors (Lipinski definition) is 5. The summed E-state index contributed by atoms with van der Waals surface area (Å²) in [5, 5.41) is 1.77. The average molecular weight is 394 g/mol. The van der Waals surface area contributed by atoms with Crippen LogP contribution in [0.2, 0.25) is 5.02 Å². The van der Waals surface area contributed by atoms with Gasteiger partial charge in [-0.25, -0.2) is 9.79 Å². The Morgan fingerprint density at radius 1 is 1.25 bits per heavy atom. The van der Waals surface area contributed by atoms with Crippen molar-refractivity contribution in [3.63, 3.8) is 0 Å². The Kier molecular flexibility index (Phi) is 4.65. The minimum absolute atomic E-state index is 0.440. The Balaban J connectivity index is 1.73. The van der Waals surface area contributed by atoms with Crippen LogP contribution in [0.5, 0.6) is 0 Å². The van der Waals surface area contributed by atoms with Gasteiger partial charge in [0.2, 0.25) is 0 Å². The number of nitrogens with one attached hydrogen (secondary N) is 1. The zero-order chi connectivity index (χ0) is 19.8. The van der Waals surface area contributed by atoms with E-state index in [1.165, 1.54) is 5.56 Å². The topological polar surface area (TPSA) is 87.4 Å². The molecular formula is C21H20ClN5O. The summed E-state index contributed by atoms with van der Waals surface area (Å²) in [6, 6.07) is 11.7. The highest BCUT2D eigenvalue weighted by atomic mass is 35.5. The predicted octanol–water partition coefficient (Wildman–Crippen LogP) is 2.76. The number of H-pyrrole nitrogens is 1. The van der Waals surface area contributed by atoms with Gasteiger partial charge < -0.3 is 15.6 Å². The van der Waals surface area contributed by atoms with Gasteiger partial charge >= 0.3 is 5.69 Å². The van der Waals surface area contributed by atoms with Crippen molar-refractivity contribution in [2.75, 3.05) is 17.2 Å². The van der Waals surface area contributed by atoms with E-state index in [2.05, 4.69) is 21.5 Å². The van der Waals surface area contributed by atoms with Gasteiger partial charge in [-0.1, -0.05) is 30.3 Å². The van der Waals surface area contributed by atoms with Crippen molar-refractivity contribution in [3.05, 3.63) is 73.7 Å². The van der Waals surface area contributed by atoms with Gasteiger partial charge in [0.05, 0.1) is 16.7 Å². The Bertz CT molecular complexity index is 1220. The molecule has 0 aliphatic carbocycles. The summed E-state index contributed by atoms with van der Waals surface area (Å²) in [5.74, 6) is 0.514. The monoisotopic (exact) mass is 393 g/mol. The third kappa shape index (κ3) is 3.39. The van der Waals surface area contributed by atoms with Gasteiger partial charge in [0, 0.05) is 17.3 Å². The molecule has 6 nitrogen and oxygen atoms in total. The van der Waals surface area contributed by atoms with Crippen LogP contribution in [0.3, 0.4) is 0 Å². The molecule has 0 radical (unpaired) electrons. The zero-order valence-corrected chi connectivity index (χ0v) is 16.3. The highest BCUT2D eigenvalue weighted by Gasteiger charge is 2.22. The molecule has 2 heterocycles. The van der Waals surface area contributed by atoms with E-state index < -0.39 is 5.69 Å². The number of rotatable bonds is 4. The van der Waals surface area contributed by atoms with Crippen LogP contribution < -0.4 is 27.0 Å². The van der Waals surface area contributed by atoms with Crippen molar-refractivity contribution in [2.24, 2.45) is 4.99 Å². The normalized spacial score (nSPS) is 12.3. The molecule has 0 atom stereocenters. The minimum atomic E-state index is -0.440. The molecule has 3 aromatic rings. The maximum absolute atomic E-state index is 12.0. The summed E-state index contributed by atoms with van der Waals surface area (Å²) in [5.41, 5.74) is 10.2. The fraction of sp³-hybridized carbons (Fsp3) is 0.190. The molecule has 7 heteroatoms. The van der Waals surface area contributed by atoms with Crippen molar-refractivity contribution in [2.45, 2.75) is 19.8 Å². The summed E-state index contributed by atoms with van der Waals surface area (Å²) in [4.78, 5) is 25.4. The van der Waals surface area contributed by atoms with E-state index in [0.29, 0.717) is 28.8 Å². The Labute approximate surface area is 167 Å². The molecule has 0 spiro atoms. The predicted molar refractivity (Wildman–Crippen MR) is 113 cm³/mol. The van der Waals surface area contributed by atoms with Crippen LogP contribution in [0, 0.1) is 6.92 Å². The summed E-state index contributed by atoms with van der Waals surface area (Å²) >= 11 is 5.96. The SMILES string of the molecule is C=c1[nH]c(=O)nc2c1=Nc1cc(C)c(N)cc1N2CCCc1ccc(Cl)cc1. The molecule has 2 aromatic carbocycles. The molecule has 0 unspecified atom stereocenters. The Morgan fingerprint density at radius 2 is 2.00 bits per heavy atom. The van der Waals surface area contributed by atoms with Crippen molar-refractivity contribution in [1.82, 2.24) is 9.97 Å². The second-order valence-electron chi connectivity index (χ2n) is 6.88. The van der Waals surface area contributed by atoms with E-state index in [1.54, 1.807) is 0 Å². The van der Waals surface area contributed by atoms with Gasteiger partial charge in [0.1, 0.15) is 5.36 Å². The van der Waals surface area contributed by atoms with E-state index in [1.807, 2.05) is 48.2 Å². The van der Waals surface area contributed by atoms with Gasteiger partial charge in [0.25, 0.3) is 0 Å². The van der Waals surface area contributed by atoms with Crippen LogP contribution in [-0.2, 0) is 6.42 Å². The molecule has 1 aliphatic rings. The number of nitrogens with zero attached hydrogens (tertiary/aromatic N) is 3. The fourth-order valence-electron chi connectivity index (χ4n) is 3.36. The average Bonchev–Trinajstić information content (AvgIpc) is 2.65. The summed E-state index contributed by atoms with van der Waals surface area (Å²) < 4.78 is 0. The lowest BCUT2D eigenvalue weighted by atomic mass is 10.1. The molecule has 3 N–H and O–H groups in total. The largest absolute Gasteiger partial charge is 0.398 e. The van der Waals surface area contributed by atoms with Gasteiger partial charge in [-0.2, -0.15) is 4.98 Å².